The van der Waals surface area contributed by atoms with Crippen molar-refractivity contribution in [2.75, 3.05) is 25.2 Å². The Hall–Kier alpha value is -2.61. The number of sulfone groups is 1. The minimum Gasteiger partial charge on any atom is -0.496 e. The van der Waals surface area contributed by atoms with Crippen LogP contribution in [-0.4, -0.2) is 33.3 Å². The predicted molar refractivity (Wildman–Crippen MR) is 96.1 cm³/mol. The molecule has 25 heavy (non-hydrogen) atoms. The van der Waals surface area contributed by atoms with Crippen LogP contribution in [0.25, 0.3) is 0 Å². The van der Waals surface area contributed by atoms with Gasteiger partial charge in [0, 0.05) is 24.6 Å². The first-order chi connectivity index (χ1) is 11.7. The molecule has 0 atom stereocenters. The van der Waals surface area contributed by atoms with Crippen molar-refractivity contribution in [1.29, 1.82) is 0 Å². The molecule has 0 fully saturated rings. The van der Waals surface area contributed by atoms with E-state index in [-0.39, 0.29) is 4.90 Å². The maximum absolute atomic E-state index is 11.8. The Labute approximate surface area is 146 Å². The Morgan fingerprint density at radius 1 is 1.20 bits per heavy atom. The molecular weight excluding hydrogens is 344 g/mol. The zero-order valence-electron chi connectivity index (χ0n) is 14.3. The van der Waals surface area contributed by atoms with Crippen molar-refractivity contribution < 1.29 is 18.1 Å². The number of ether oxygens (including phenoxy) is 1. The Morgan fingerprint density at radius 2 is 1.92 bits per heavy atom. The molecule has 2 rings (SSSR count). The van der Waals surface area contributed by atoms with Crippen LogP contribution < -0.4 is 10.1 Å². The lowest BCUT2D eigenvalue weighted by Crippen LogP contribution is -2.08. The van der Waals surface area contributed by atoms with Crippen LogP contribution in [0.15, 0.2) is 41.3 Å². The molecule has 0 saturated heterocycles. The molecule has 0 aliphatic rings. The van der Waals surface area contributed by atoms with Gasteiger partial charge in [-0.25, -0.2) is 8.42 Å². The predicted octanol–water partition coefficient (Wildman–Crippen LogP) is 2.97. The molecule has 8 heteroatoms. The van der Waals surface area contributed by atoms with E-state index >= 15 is 0 Å². The lowest BCUT2D eigenvalue weighted by atomic mass is 10.1. The number of nitro benzene ring substituents is 1. The van der Waals surface area contributed by atoms with Crippen molar-refractivity contribution in [3.63, 3.8) is 0 Å². The average Bonchev–Trinajstić information content (AvgIpc) is 2.55. The summed E-state index contributed by atoms with van der Waals surface area (Å²) in [5.41, 5.74) is 2.22. The van der Waals surface area contributed by atoms with Crippen LogP contribution in [0.3, 0.4) is 0 Å². The maximum Gasteiger partial charge on any atom is 0.288 e. The second kappa shape index (κ2) is 7.52. The number of nitrogens with zero attached hydrogens (tertiary/aromatic N) is 1. The molecule has 0 heterocycles. The Morgan fingerprint density at radius 3 is 2.52 bits per heavy atom. The molecule has 0 bridgehead atoms. The third-order valence-corrected chi connectivity index (χ3v) is 4.90. The van der Waals surface area contributed by atoms with Crippen molar-refractivity contribution in [1.82, 2.24) is 0 Å². The van der Waals surface area contributed by atoms with Gasteiger partial charge in [-0.15, -0.1) is 0 Å². The molecule has 134 valence electrons. The quantitative estimate of drug-likeness (QED) is 0.599. The van der Waals surface area contributed by atoms with Gasteiger partial charge >= 0.3 is 0 Å². The van der Waals surface area contributed by atoms with Gasteiger partial charge < -0.3 is 10.1 Å². The smallest absolute Gasteiger partial charge is 0.288 e. The molecule has 0 radical (unpaired) electrons. The molecule has 1 N–H and O–H groups in total. The van der Waals surface area contributed by atoms with Crippen LogP contribution in [0.2, 0.25) is 0 Å². The van der Waals surface area contributed by atoms with Crippen molar-refractivity contribution in [2.45, 2.75) is 18.2 Å². The van der Waals surface area contributed by atoms with Crippen LogP contribution in [0.5, 0.6) is 5.75 Å². The van der Waals surface area contributed by atoms with Gasteiger partial charge in [0.1, 0.15) is 10.6 Å². The van der Waals surface area contributed by atoms with Crippen LogP contribution >= 0.6 is 0 Å². The summed E-state index contributed by atoms with van der Waals surface area (Å²) in [7, 11) is -2.07. The van der Waals surface area contributed by atoms with E-state index in [1.54, 1.807) is 7.11 Å². The molecule has 0 unspecified atom stereocenters. The van der Waals surface area contributed by atoms with E-state index in [0.717, 1.165) is 23.1 Å². The number of rotatable bonds is 7. The Kier molecular flexibility index (Phi) is 5.63. The van der Waals surface area contributed by atoms with E-state index in [4.69, 9.17) is 4.74 Å². The number of nitrogens with one attached hydrogen (secondary N) is 1. The van der Waals surface area contributed by atoms with Gasteiger partial charge in [0.05, 0.1) is 12.0 Å². The van der Waals surface area contributed by atoms with Crippen LogP contribution in [0.1, 0.15) is 11.1 Å². The molecule has 7 nitrogen and oxygen atoms in total. The summed E-state index contributed by atoms with van der Waals surface area (Å²) in [6.45, 7) is 2.51. The summed E-state index contributed by atoms with van der Waals surface area (Å²) in [5, 5.41) is 14.1. The molecule has 0 aliphatic heterocycles. The molecule has 0 spiro atoms. The number of hydrogen-bond donors (Lipinski definition) is 1. The molecule has 0 aromatic heterocycles. The van der Waals surface area contributed by atoms with Crippen molar-refractivity contribution in [2.24, 2.45) is 0 Å². The van der Waals surface area contributed by atoms with Gasteiger partial charge in [-0.3, -0.25) is 10.1 Å². The largest absolute Gasteiger partial charge is 0.496 e. The summed E-state index contributed by atoms with van der Waals surface area (Å²) in [6, 6.07) is 9.92. The molecular formula is C17H20N2O5S. The Bertz CT molecular complexity index is 894. The van der Waals surface area contributed by atoms with E-state index in [1.165, 1.54) is 18.2 Å². The minimum absolute atomic E-state index is 0.292. The van der Waals surface area contributed by atoms with Gasteiger partial charge in [-0.05, 0) is 42.7 Å². The average molecular weight is 364 g/mol. The topological polar surface area (TPSA) is 98.5 Å². The van der Waals surface area contributed by atoms with Gasteiger partial charge in [0.15, 0.2) is 9.84 Å². The molecule has 2 aromatic carbocycles. The number of anilines is 1. The second-order valence-electron chi connectivity index (χ2n) is 5.69. The zero-order chi connectivity index (χ0) is 18.6. The molecule has 0 aliphatic carbocycles. The minimum atomic E-state index is -3.69. The van der Waals surface area contributed by atoms with Gasteiger partial charge in [-0.2, -0.15) is 0 Å². The monoisotopic (exact) mass is 364 g/mol. The van der Waals surface area contributed by atoms with Crippen LogP contribution in [0, 0.1) is 17.0 Å². The molecule has 0 amide bonds. The Balaban J connectivity index is 2.12. The summed E-state index contributed by atoms with van der Waals surface area (Å²) in [4.78, 5) is 9.99. The van der Waals surface area contributed by atoms with E-state index in [1.807, 2.05) is 25.1 Å². The number of benzene rings is 2. The lowest BCUT2D eigenvalue weighted by molar-refractivity contribution is -0.387. The van der Waals surface area contributed by atoms with E-state index < -0.39 is 20.4 Å². The van der Waals surface area contributed by atoms with E-state index in [2.05, 4.69) is 5.32 Å². The van der Waals surface area contributed by atoms with Crippen molar-refractivity contribution >= 4 is 21.2 Å². The molecule has 0 saturated carbocycles. The fourth-order valence-corrected chi connectivity index (χ4v) is 3.31. The number of nitro groups is 1. The lowest BCUT2D eigenvalue weighted by Gasteiger charge is -2.10. The first-order valence-electron chi connectivity index (χ1n) is 7.58. The SMILES string of the molecule is COc1cc(CCNc2ccc([N+](=O)[O-])c(S(C)(=O)=O)c2)ccc1C. The van der Waals surface area contributed by atoms with E-state index in [9.17, 15) is 18.5 Å². The normalized spacial score (nSPS) is 11.2. The third-order valence-electron chi connectivity index (χ3n) is 3.77. The number of hydrogen-bond acceptors (Lipinski definition) is 6. The fraction of sp³-hybridized carbons (Fsp3) is 0.294. The maximum atomic E-state index is 11.8. The first kappa shape index (κ1) is 18.7. The first-order valence-corrected chi connectivity index (χ1v) is 9.47. The van der Waals surface area contributed by atoms with Gasteiger partial charge in [0.25, 0.3) is 5.69 Å². The molecule has 2 aromatic rings. The summed E-state index contributed by atoms with van der Waals surface area (Å²) < 4.78 is 28.8. The van der Waals surface area contributed by atoms with Gasteiger partial charge in [-0.1, -0.05) is 12.1 Å². The van der Waals surface area contributed by atoms with Crippen molar-refractivity contribution in [3.05, 3.63) is 57.6 Å². The second-order valence-corrected chi connectivity index (χ2v) is 7.68. The summed E-state index contributed by atoms with van der Waals surface area (Å²) in [5.74, 6) is 0.812. The van der Waals surface area contributed by atoms with Crippen molar-refractivity contribution in [3.8, 4) is 5.75 Å². The summed E-state index contributed by atoms with van der Waals surface area (Å²) >= 11 is 0. The fourth-order valence-electron chi connectivity index (χ4n) is 2.44. The third kappa shape index (κ3) is 4.69. The highest BCUT2D eigenvalue weighted by Gasteiger charge is 2.22. The highest BCUT2D eigenvalue weighted by Crippen LogP contribution is 2.27. The number of methoxy groups -OCH3 is 1. The van der Waals surface area contributed by atoms with Crippen LogP contribution in [-0.2, 0) is 16.3 Å². The highest BCUT2D eigenvalue weighted by atomic mass is 32.2. The summed E-state index contributed by atoms with van der Waals surface area (Å²) in [6.07, 6.45) is 1.65. The zero-order valence-corrected chi connectivity index (χ0v) is 15.1. The van der Waals surface area contributed by atoms with Gasteiger partial charge in [0.2, 0.25) is 0 Å². The highest BCUT2D eigenvalue weighted by molar-refractivity contribution is 7.90. The number of aryl methyl sites for hydroxylation is 1. The van der Waals surface area contributed by atoms with Crippen LogP contribution in [0.4, 0.5) is 11.4 Å². The standard InChI is InChI=1S/C17H20N2O5S/c1-12-4-5-13(10-16(12)24-2)8-9-18-14-6-7-15(19(20)21)17(11-14)25(3,22)23/h4-7,10-11,18H,8-9H2,1-3H3. The van der Waals surface area contributed by atoms with E-state index in [0.29, 0.717) is 18.7 Å².